The summed E-state index contributed by atoms with van der Waals surface area (Å²) in [6, 6.07) is 4.83. The first kappa shape index (κ1) is 14.1. The average Bonchev–Trinajstić information content (AvgIpc) is 2.85. The molecule has 0 spiro atoms. The van der Waals surface area contributed by atoms with E-state index in [1.54, 1.807) is 12.1 Å². The quantitative estimate of drug-likeness (QED) is 0.838. The van der Waals surface area contributed by atoms with E-state index >= 15 is 0 Å². The third-order valence-electron chi connectivity index (χ3n) is 2.20. The van der Waals surface area contributed by atoms with Gasteiger partial charge in [-0.1, -0.05) is 11.8 Å². The summed E-state index contributed by atoms with van der Waals surface area (Å²) in [6.45, 7) is 0. The lowest BCUT2D eigenvalue weighted by Crippen LogP contribution is -2.36. The molecule has 0 saturated heterocycles. The Labute approximate surface area is 117 Å². The molecule has 2 aromatic rings. The molecule has 0 aliphatic carbocycles. The highest BCUT2D eigenvalue weighted by molar-refractivity contribution is 7.99. The number of nitrogens with zero attached hydrogens (tertiary/aromatic N) is 1. The number of aromatic nitrogens is 1. The van der Waals surface area contributed by atoms with Crippen molar-refractivity contribution in [1.29, 1.82) is 0 Å². The molecular formula is C12H10FN3O3S. The van der Waals surface area contributed by atoms with Crippen LogP contribution in [-0.2, 0) is 4.79 Å². The number of thioether (sulfide) groups is 1. The van der Waals surface area contributed by atoms with Crippen molar-refractivity contribution in [3.8, 4) is 11.3 Å². The van der Waals surface area contributed by atoms with Crippen LogP contribution in [-0.4, -0.2) is 22.7 Å². The Bertz CT molecular complexity index is 627. The molecule has 6 nitrogen and oxygen atoms in total. The van der Waals surface area contributed by atoms with Crippen LogP contribution in [0.25, 0.3) is 11.3 Å². The molecule has 0 saturated carbocycles. The van der Waals surface area contributed by atoms with Crippen molar-refractivity contribution in [3.05, 3.63) is 36.3 Å². The Kier molecular flexibility index (Phi) is 4.36. The molecule has 0 atom stereocenters. The van der Waals surface area contributed by atoms with Gasteiger partial charge in [0.1, 0.15) is 5.82 Å². The molecule has 20 heavy (non-hydrogen) atoms. The van der Waals surface area contributed by atoms with Crippen molar-refractivity contribution >= 4 is 23.7 Å². The third-order valence-corrected chi connectivity index (χ3v) is 3.04. The largest absolute Gasteiger partial charge is 0.431 e. The molecule has 1 heterocycles. The second kappa shape index (κ2) is 6.20. The van der Waals surface area contributed by atoms with Crippen molar-refractivity contribution in [3.63, 3.8) is 0 Å². The van der Waals surface area contributed by atoms with E-state index in [1.165, 1.54) is 18.3 Å². The van der Waals surface area contributed by atoms with Crippen LogP contribution in [0, 0.1) is 5.82 Å². The van der Waals surface area contributed by atoms with Crippen molar-refractivity contribution in [1.82, 2.24) is 10.3 Å². The van der Waals surface area contributed by atoms with Gasteiger partial charge in [0.2, 0.25) is 5.91 Å². The van der Waals surface area contributed by atoms with Gasteiger partial charge in [0.05, 0.1) is 11.9 Å². The van der Waals surface area contributed by atoms with Crippen molar-refractivity contribution in [2.45, 2.75) is 5.22 Å². The van der Waals surface area contributed by atoms with Gasteiger partial charge in [-0.05, 0) is 24.3 Å². The van der Waals surface area contributed by atoms with Crippen LogP contribution in [0.2, 0.25) is 0 Å². The fourth-order valence-electron chi connectivity index (χ4n) is 1.37. The van der Waals surface area contributed by atoms with Gasteiger partial charge < -0.3 is 10.2 Å². The van der Waals surface area contributed by atoms with Crippen LogP contribution in [0.3, 0.4) is 0 Å². The molecule has 104 valence electrons. The Hall–Kier alpha value is -2.35. The number of benzene rings is 1. The summed E-state index contributed by atoms with van der Waals surface area (Å²) < 4.78 is 18.2. The van der Waals surface area contributed by atoms with Crippen molar-refractivity contribution in [2.24, 2.45) is 5.73 Å². The van der Waals surface area contributed by atoms with Gasteiger partial charge in [0.25, 0.3) is 5.22 Å². The van der Waals surface area contributed by atoms with Crippen LogP contribution in [0.1, 0.15) is 0 Å². The fraction of sp³-hybridized carbons (Fsp3) is 0.0833. The molecule has 0 bridgehead atoms. The van der Waals surface area contributed by atoms with Gasteiger partial charge in [-0.2, -0.15) is 0 Å². The lowest BCUT2D eigenvalue weighted by molar-refractivity contribution is -0.117. The number of halogens is 1. The van der Waals surface area contributed by atoms with Gasteiger partial charge in [0, 0.05) is 5.56 Å². The summed E-state index contributed by atoms with van der Waals surface area (Å²) in [5.74, 6) is -0.468. The van der Waals surface area contributed by atoms with E-state index in [-0.39, 0.29) is 16.8 Å². The minimum atomic E-state index is -0.907. The molecule has 0 aliphatic heterocycles. The predicted molar refractivity (Wildman–Crippen MR) is 70.3 cm³/mol. The van der Waals surface area contributed by atoms with Crippen LogP contribution < -0.4 is 11.1 Å². The first-order chi connectivity index (χ1) is 9.54. The van der Waals surface area contributed by atoms with Gasteiger partial charge in [-0.25, -0.2) is 14.2 Å². The standard InChI is InChI=1S/C12H10FN3O3S/c13-8-3-1-7(2-4-8)9-5-15-12(19-9)20-6-10(17)16-11(14)18/h1-5H,6H2,(H3,14,16,17,18). The highest BCUT2D eigenvalue weighted by Crippen LogP contribution is 2.25. The Morgan fingerprint density at radius 3 is 2.70 bits per heavy atom. The van der Waals surface area contributed by atoms with Crippen molar-refractivity contribution < 1.29 is 18.4 Å². The second-order valence-corrected chi connectivity index (χ2v) is 4.63. The van der Waals surface area contributed by atoms with Gasteiger partial charge in [0.15, 0.2) is 5.76 Å². The molecule has 3 N–H and O–H groups in total. The Morgan fingerprint density at radius 2 is 2.05 bits per heavy atom. The minimum absolute atomic E-state index is 0.0493. The number of carbonyl (C=O) groups excluding carboxylic acids is 2. The third kappa shape index (κ3) is 3.82. The van der Waals surface area contributed by atoms with E-state index in [2.05, 4.69) is 4.98 Å². The first-order valence-corrected chi connectivity index (χ1v) is 6.47. The van der Waals surface area contributed by atoms with Gasteiger partial charge >= 0.3 is 6.03 Å². The molecule has 8 heteroatoms. The number of amides is 3. The summed E-state index contributed by atoms with van der Waals surface area (Å²) in [5.41, 5.74) is 5.48. The van der Waals surface area contributed by atoms with E-state index in [0.717, 1.165) is 11.8 Å². The summed E-state index contributed by atoms with van der Waals surface area (Å²) >= 11 is 1.02. The number of urea groups is 1. The van der Waals surface area contributed by atoms with Crippen molar-refractivity contribution in [2.75, 3.05) is 5.75 Å². The summed E-state index contributed by atoms with van der Waals surface area (Å²) in [5, 5.41) is 2.19. The maximum atomic E-state index is 12.8. The molecule has 0 radical (unpaired) electrons. The van der Waals surface area contributed by atoms with E-state index < -0.39 is 11.9 Å². The highest BCUT2D eigenvalue weighted by atomic mass is 32.2. The first-order valence-electron chi connectivity index (χ1n) is 5.48. The molecule has 0 unspecified atom stereocenters. The zero-order valence-corrected chi connectivity index (χ0v) is 10.9. The molecule has 0 aliphatic rings. The summed E-state index contributed by atoms with van der Waals surface area (Å²) in [4.78, 5) is 25.6. The zero-order chi connectivity index (χ0) is 14.5. The number of rotatable bonds is 4. The normalized spacial score (nSPS) is 10.2. The number of hydrogen-bond acceptors (Lipinski definition) is 5. The van der Waals surface area contributed by atoms with E-state index in [9.17, 15) is 14.0 Å². The minimum Gasteiger partial charge on any atom is -0.431 e. The topological polar surface area (TPSA) is 98.2 Å². The average molecular weight is 295 g/mol. The Balaban J connectivity index is 1.97. The predicted octanol–water partition coefficient (Wildman–Crippen LogP) is 1.77. The Morgan fingerprint density at radius 1 is 1.35 bits per heavy atom. The fourth-order valence-corrected chi connectivity index (χ4v) is 1.98. The maximum absolute atomic E-state index is 12.8. The zero-order valence-electron chi connectivity index (χ0n) is 10.1. The number of hydrogen-bond donors (Lipinski definition) is 2. The number of primary amides is 1. The van der Waals surface area contributed by atoms with E-state index in [1.807, 2.05) is 5.32 Å². The number of imide groups is 1. The van der Waals surface area contributed by atoms with Gasteiger partial charge in [-0.3, -0.25) is 10.1 Å². The monoisotopic (exact) mass is 295 g/mol. The number of nitrogens with two attached hydrogens (primary N) is 1. The molecule has 3 amide bonds. The summed E-state index contributed by atoms with van der Waals surface area (Å²) in [6.07, 6.45) is 1.47. The lowest BCUT2D eigenvalue weighted by Gasteiger charge is -1.98. The van der Waals surface area contributed by atoms with Gasteiger partial charge in [-0.15, -0.1) is 0 Å². The SMILES string of the molecule is NC(=O)NC(=O)CSc1ncc(-c2ccc(F)cc2)o1. The van der Waals surface area contributed by atoms with E-state index in [0.29, 0.717) is 11.3 Å². The lowest BCUT2D eigenvalue weighted by atomic mass is 10.2. The molecule has 1 aromatic carbocycles. The molecule has 1 aromatic heterocycles. The van der Waals surface area contributed by atoms with E-state index in [4.69, 9.17) is 10.2 Å². The number of oxazole rings is 1. The van der Waals surface area contributed by atoms with Crippen LogP contribution in [0.4, 0.5) is 9.18 Å². The van der Waals surface area contributed by atoms with Crippen LogP contribution in [0.15, 0.2) is 40.1 Å². The molecule has 0 fully saturated rings. The highest BCUT2D eigenvalue weighted by Gasteiger charge is 2.10. The number of carbonyl (C=O) groups is 2. The molecular weight excluding hydrogens is 285 g/mol. The maximum Gasteiger partial charge on any atom is 0.318 e. The van der Waals surface area contributed by atoms with Crippen LogP contribution in [0.5, 0.6) is 0 Å². The number of nitrogens with one attached hydrogen (secondary N) is 1. The second-order valence-electron chi connectivity index (χ2n) is 3.70. The smallest absolute Gasteiger partial charge is 0.318 e. The summed E-state index contributed by atoms with van der Waals surface area (Å²) in [7, 11) is 0. The molecule has 2 rings (SSSR count). The van der Waals surface area contributed by atoms with Crippen LogP contribution >= 0.6 is 11.8 Å².